The van der Waals surface area contributed by atoms with Gasteiger partial charge in [-0.15, -0.1) is 12.4 Å². The van der Waals surface area contributed by atoms with E-state index in [1.54, 1.807) is 6.07 Å². The zero-order valence-electron chi connectivity index (χ0n) is 20.6. The van der Waals surface area contributed by atoms with Crippen LogP contribution in [0.1, 0.15) is 21.5 Å². The normalized spacial score (nSPS) is 20.5. The molecule has 3 aromatic carbocycles. The highest BCUT2D eigenvalue weighted by molar-refractivity contribution is 6.34. The Kier molecular flexibility index (Phi) is 7.26. The SMILES string of the molecule is Cl.NC(=O)c1ccc(N2CCOCC2)c(F)c1-c1c(Cl)c(F)cc2c1CC1(c3ccccc3)CNCCN21. The molecule has 10 heteroatoms. The largest absolute Gasteiger partial charge is 0.378 e. The predicted octanol–water partition coefficient (Wildman–Crippen LogP) is 4.50. The van der Waals surface area contributed by atoms with Gasteiger partial charge in [-0.25, -0.2) is 8.78 Å². The van der Waals surface area contributed by atoms with Crippen molar-refractivity contribution in [1.82, 2.24) is 5.32 Å². The first-order chi connectivity index (χ1) is 17.9. The number of carbonyl (C=O) groups excluding carboxylic acids is 1. The number of nitrogens with one attached hydrogen (secondary N) is 1. The molecule has 38 heavy (non-hydrogen) atoms. The van der Waals surface area contributed by atoms with Gasteiger partial charge < -0.3 is 25.6 Å². The summed E-state index contributed by atoms with van der Waals surface area (Å²) >= 11 is 6.63. The fourth-order valence-electron chi connectivity index (χ4n) is 6.10. The highest BCUT2D eigenvalue weighted by atomic mass is 35.5. The maximum atomic E-state index is 16.4. The standard InChI is InChI=1S/C28H27ClF2N4O2.ClH/c29-25-20(30)14-22-19(15-28(16-33-8-9-35(22)28)17-4-2-1-3-5-17)23(25)24-18(27(32)36)6-7-21(26(24)31)34-10-12-37-13-11-34;/h1-7,14,33H,8-13,15-16H2,(H2,32,36);1H. The summed E-state index contributed by atoms with van der Waals surface area (Å²) in [6, 6.07) is 14.5. The van der Waals surface area contributed by atoms with Crippen LogP contribution in [0.3, 0.4) is 0 Å². The molecule has 3 heterocycles. The monoisotopic (exact) mass is 560 g/mol. The van der Waals surface area contributed by atoms with Crippen LogP contribution in [-0.2, 0) is 16.7 Å². The van der Waals surface area contributed by atoms with E-state index in [1.165, 1.54) is 12.1 Å². The molecule has 3 aromatic rings. The van der Waals surface area contributed by atoms with Gasteiger partial charge in [-0.05, 0) is 29.3 Å². The molecule has 0 spiro atoms. The van der Waals surface area contributed by atoms with Gasteiger partial charge in [-0.3, -0.25) is 4.79 Å². The van der Waals surface area contributed by atoms with Gasteiger partial charge in [0.1, 0.15) is 5.82 Å². The van der Waals surface area contributed by atoms with Crippen molar-refractivity contribution in [2.45, 2.75) is 12.0 Å². The molecule has 3 N–H and O–H groups in total. The van der Waals surface area contributed by atoms with Gasteiger partial charge >= 0.3 is 0 Å². The summed E-state index contributed by atoms with van der Waals surface area (Å²) in [6.45, 7) is 3.91. The molecule has 0 radical (unpaired) electrons. The van der Waals surface area contributed by atoms with Gasteiger partial charge in [0.05, 0.1) is 35.0 Å². The van der Waals surface area contributed by atoms with Gasteiger partial charge in [0.15, 0.2) is 5.82 Å². The summed E-state index contributed by atoms with van der Waals surface area (Å²) in [6.07, 6.45) is 0.466. The second-order valence-electron chi connectivity index (χ2n) is 9.73. The third-order valence-corrected chi connectivity index (χ3v) is 8.18. The molecule has 0 aromatic heterocycles. The lowest BCUT2D eigenvalue weighted by molar-refractivity contribution is 0.100. The van der Waals surface area contributed by atoms with Gasteiger partial charge in [-0.1, -0.05) is 41.9 Å². The number of rotatable bonds is 4. The van der Waals surface area contributed by atoms with E-state index in [-0.39, 0.29) is 34.1 Å². The van der Waals surface area contributed by atoms with E-state index in [1.807, 2.05) is 23.1 Å². The molecule has 0 bridgehead atoms. The van der Waals surface area contributed by atoms with E-state index in [2.05, 4.69) is 22.3 Å². The first kappa shape index (κ1) is 26.7. The molecule has 0 aliphatic carbocycles. The Morgan fingerprint density at radius 2 is 1.76 bits per heavy atom. The van der Waals surface area contributed by atoms with E-state index >= 15 is 8.78 Å². The number of piperazine rings is 1. The minimum Gasteiger partial charge on any atom is -0.378 e. The first-order valence-corrected chi connectivity index (χ1v) is 12.8. The van der Waals surface area contributed by atoms with Crippen molar-refractivity contribution < 1.29 is 18.3 Å². The van der Waals surface area contributed by atoms with E-state index in [0.717, 1.165) is 12.1 Å². The van der Waals surface area contributed by atoms with Gasteiger partial charge in [0, 0.05) is 56.0 Å². The number of primary amides is 1. The molecule has 0 saturated carbocycles. The molecule has 200 valence electrons. The van der Waals surface area contributed by atoms with Crippen LogP contribution in [0.4, 0.5) is 20.2 Å². The summed E-state index contributed by atoms with van der Waals surface area (Å²) in [5, 5.41) is 3.26. The fraction of sp³-hybridized carbons (Fsp3) is 0.321. The zero-order valence-corrected chi connectivity index (χ0v) is 22.2. The molecule has 3 aliphatic heterocycles. The van der Waals surface area contributed by atoms with Crippen LogP contribution < -0.4 is 20.9 Å². The number of nitrogens with zero attached hydrogens (tertiary/aromatic N) is 2. The quantitative estimate of drug-likeness (QED) is 0.491. The average molecular weight is 561 g/mol. The molecular formula is C28H28Cl2F2N4O2. The summed E-state index contributed by atoms with van der Waals surface area (Å²) in [4.78, 5) is 16.6. The fourth-order valence-corrected chi connectivity index (χ4v) is 6.36. The second-order valence-corrected chi connectivity index (χ2v) is 10.1. The van der Waals surface area contributed by atoms with Crippen LogP contribution >= 0.6 is 24.0 Å². The van der Waals surface area contributed by atoms with Crippen molar-refractivity contribution in [1.29, 1.82) is 0 Å². The van der Waals surface area contributed by atoms with Crippen LogP contribution in [0.5, 0.6) is 0 Å². The predicted molar refractivity (Wildman–Crippen MR) is 148 cm³/mol. The molecule has 2 saturated heterocycles. The van der Waals surface area contributed by atoms with E-state index < -0.39 is 23.1 Å². The van der Waals surface area contributed by atoms with Gasteiger partial charge in [0.25, 0.3) is 0 Å². The molecule has 6 rings (SSSR count). The smallest absolute Gasteiger partial charge is 0.249 e. The highest BCUT2D eigenvalue weighted by Crippen LogP contribution is 2.52. The van der Waals surface area contributed by atoms with Crippen molar-refractivity contribution in [2.24, 2.45) is 5.73 Å². The number of hydrogen-bond acceptors (Lipinski definition) is 5. The Morgan fingerprint density at radius 1 is 1.03 bits per heavy atom. The van der Waals surface area contributed by atoms with E-state index in [4.69, 9.17) is 22.1 Å². The number of hydrogen-bond donors (Lipinski definition) is 2. The van der Waals surface area contributed by atoms with Crippen LogP contribution in [0.15, 0.2) is 48.5 Å². The average Bonchev–Trinajstić information content (AvgIpc) is 3.25. The zero-order chi connectivity index (χ0) is 25.7. The summed E-state index contributed by atoms with van der Waals surface area (Å²) in [5.74, 6) is -2.10. The Morgan fingerprint density at radius 3 is 2.47 bits per heavy atom. The number of anilines is 2. The van der Waals surface area contributed by atoms with Crippen LogP contribution in [0.25, 0.3) is 11.1 Å². The van der Waals surface area contributed by atoms with Crippen molar-refractivity contribution in [3.8, 4) is 11.1 Å². The van der Waals surface area contributed by atoms with Crippen LogP contribution in [0, 0.1) is 11.6 Å². The lowest BCUT2D eigenvalue weighted by Crippen LogP contribution is -2.57. The summed E-state index contributed by atoms with van der Waals surface area (Å²) < 4.78 is 37.3. The molecular weight excluding hydrogens is 533 g/mol. The van der Waals surface area contributed by atoms with Crippen molar-refractivity contribution >= 4 is 41.3 Å². The molecule has 6 nitrogen and oxygen atoms in total. The number of carbonyl (C=O) groups is 1. The number of ether oxygens (including phenoxy) is 1. The van der Waals surface area contributed by atoms with Gasteiger partial charge in [-0.2, -0.15) is 0 Å². The first-order valence-electron chi connectivity index (χ1n) is 12.4. The third kappa shape index (κ3) is 4.11. The number of fused-ring (bicyclic) bond motifs is 3. The second kappa shape index (κ2) is 10.3. The minimum absolute atomic E-state index is 0. The number of morpholine rings is 1. The summed E-state index contributed by atoms with van der Waals surface area (Å²) in [7, 11) is 0. The lowest BCUT2D eigenvalue weighted by Gasteiger charge is -2.45. The molecule has 1 amide bonds. The molecule has 3 aliphatic rings. The third-order valence-electron chi connectivity index (χ3n) is 7.81. The number of halogens is 4. The van der Waals surface area contributed by atoms with E-state index in [9.17, 15) is 4.79 Å². The molecule has 1 unspecified atom stereocenters. The van der Waals surface area contributed by atoms with Crippen LogP contribution in [-0.4, -0.2) is 51.8 Å². The van der Waals surface area contributed by atoms with Crippen LogP contribution in [0.2, 0.25) is 5.02 Å². The Hall–Kier alpha value is -2.91. The topological polar surface area (TPSA) is 70.8 Å². The number of amides is 1. The maximum Gasteiger partial charge on any atom is 0.249 e. The Labute approximate surface area is 231 Å². The number of nitrogens with two attached hydrogens (primary N) is 1. The van der Waals surface area contributed by atoms with Crippen molar-refractivity contribution in [3.63, 3.8) is 0 Å². The van der Waals surface area contributed by atoms with Crippen molar-refractivity contribution in [2.75, 3.05) is 55.7 Å². The van der Waals surface area contributed by atoms with E-state index in [0.29, 0.717) is 62.8 Å². The maximum absolute atomic E-state index is 16.4. The van der Waals surface area contributed by atoms with Crippen molar-refractivity contribution in [3.05, 3.63) is 81.9 Å². The highest BCUT2D eigenvalue weighted by Gasteiger charge is 2.48. The lowest BCUT2D eigenvalue weighted by atomic mass is 9.82. The summed E-state index contributed by atoms with van der Waals surface area (Å²) in [5.41, 5.74) is 8.09. The minimum atomic E-state index is -0.799. The Balaban J connectivity index is 0.00000294. The Bertz CT molecular complexity index is 1390. The number of benzene rings is 3. The molecule has 2 fully saturated rings. The van der Waals surface area contributed by atoms with Gasteiger partial charge in [0.2, 0.25) is 5.91 Å². The molecule has 1 atom stereocenters.